The fourth-order valence-corrected chi connectivity index (χ4v) is 5.54. The summed E-state index contributed by atoms with van der Waals surface area (Å²) >= 11 is 1.48. The number of thiazole rings is 1. The van der Waals surface area contributed by atoms with Crippen molar-refractivity contribution < 1.29 is 20.4 Å². The van der Waals surface area contributed by atoms with Gasteiger partial charge >= 0.3 is 0 Å². The summed E-state index contributed by atoms with van der Waals surface area (Å²) in [6.07, 6.45) is 0.930. The van der Waals surface area contributed by atoms with Crippen LogP contribution in [0.2, 0.25) is 0 Å². The van der Waals surface area contributed by atoms with Crippen LogP contribution >= 0.6 is 11.3 Å². The van der Waals surface area contributed by atoms with Gasteiger partial charge in [0.05, 0.1) is 40.4 Å². The SMILES string of the molecule is Cc1nc(NCC(O)c2ccccc2)nc(N[C@@H]2C[C@H](CO)[C@@H](O)[C@H]2O)c1-c1nc2cnccc2s1. The molecule has 6 N–H and O–H groups in total. The molecule has 1 aliphatic rings. The molecule has 5 atom stereocenters. The Kier molecular flexibility index (Phi) is 7.08. The lowest BCUT2D eigenvalue weighted by Crippen LogP contribution is -2.35. The summed E-state index contributed by atoms with van der Waals surface area (Å²) in [5.41, 5.74) is 2.87. The van der Waals surface area contributed by atoms with Gasteiger partial charge in [-0.25, -0.2) is 9.97 Å². The molecule has 1 fully saturated rings. The fraction of sp³-hybridized carbons (Fsp3) is 0.360. The highest BCUT2D eigenvalue weighted by molar-refractivity contribution is 7.21. The van der Waals surface area contributed by atoms with E-state index >= 15 is 0 Å². The Morgan fingerprint density at radius 2 is 1.89 bits per heavy atom. The summed E-state index contributed by atoms with van der Waals surface area (Å²) < 4.78 is 0.968. The topological polar surface area (TPSA) is 157 Å². The molecule has 1 aromatic carbocycles. The van der Waals surface area contributed by atoms with E-state index in [1.807, 2.05) is 43.3 Å². The first-order chi connectivity index (χ1) is 17.4. The van der Waals surface area contributed by atoms with Crippen LogP contribution in [-0.2, 0) is 0 Å². The van der Waals surface area contributed by atoms with Crippen LogP contribution in [0, 0.1) is 12.8 Å². The Morgan fingerprint density at radius 3 is 2.61 bits per heavy atom. The zero-order valence-electron chi connectivity index (χ0n) is 19.6. The highest BCUT2D eigenvalue weighted by Gasteiger charge is 2.41. The molecule has 3 heterocycles. The van der Waals surface area contributed by atoms with Gasteiger partial charge in [0, 0.05) is 25.3 Å². The fourth-order valence-electron chi connectivity index (χ4n) is 4.50. The van der Waals surface area contributed by atoms with Gasteiger partial charge in [-0.15, -0.1) is 11.3 Å². The van der Waals surface area contributed by atoms with Crippen LogP contribution in [0.3, 0.4) is 0 Å². The third-order valence-electron chi connectivity index (χ3n) is 6.49. The minimum Gasteiger partial charge on any atom is -0.396 e. The molecule has 5 rings (SSSR count). The lowest BCUT2D eigenvalue weighted by molar-refractivity contribution is 0.00446. The van der Waals surface area contributed by atoms with Gasteiger partial charge in [-0.3, -0.25) is 4.98 Å². The predicted octanol–water partition coefficient (Wildman–Crippen LogP) is 2.12. The quantitative estimate of drug-likeness (QED) is 0.208. The van der Waals surface area contributed by atoms with Crippen molar-refractivity contribution in [1.29, 1.82) is 0 Å². The molecule has 3 aromatic heterocycles. The standard InChI is InChI=1S/C25H28N6O4S/c1-13-20(24-30-17-10-26-8-7-19(17)36-24)23(29-16-9-15(12-32)21(34)22(16)35)31-25(28-13)27-11-18(33)14-5-3-2-4-6-14/h2-8,10,15-16,18,21-22,32-35H,9,11-12H2,1H3,(H2,27,28,29,31)/t15-,16-,18?,21-,22+/m1/s1. The van der Waals surface area contributed by atoms with Crippen LogP contribution in [0.5, 0.6) is 0 Å². The monoisotopic (exact) mass is 508 g/mol. The zero-order valence-corrected chi connectivity index (χ0v) is 20.4. The maximum atomic E-state index is 10.6. The van der Waals surface area contributed by atoms with Crippen LogP contribution in [0.1, 0.15) is 23.8 Å². The number of aliphatic hydroxyl groups is 4. The van der Waals surface area contributed by atoms with Gasteiger partial charge in [0.2, 0.25) is 5.95 Å². The largest absolute Gasteiger partial charge is 0.396 e. The average Bonchev–Trinajstić information content (AvgIpc) is 3.43. The molecule has 4 aromatic rings. The molecule has 0 bridgehead atoms. The van der Waals surface area contributed by atoms with E-state index in [1.165, 1.54) is 11.3 Å². The summed E-state index contributed by atoms with van der Waals surface area (Å²) in [6, 6.07) is 10.7. The van der Waals surface area contributed by atoms with Crippen LogP contribution < -0.4 is 10.6 Å². The lowest BCUT2D eigenvalue weighted by Gasteiger charge is -2.21. The Balaban J connectivity index is 1.48. The number of anilines is 2. The summed E-state index contributed by atoms with van der Waals surface area (Å²) in [5.74, 6) is 0.320. The van der Waals surface area contributed by atoms with Crippen molar-refractivity contribution in [3.63, 3.8) is 0 Å². The minimum absolute atomic E-state index is 0.201. The van der Waals surface area contributed by atoms with E-state index in [0.717, 1.165) is 15.8 Å². The number of fused-ring (bicyclic) bond motifs is 1. The minimum atomic E-state index is -1.07. The number of hydrogen-bond donors (Lipinski definition) is 6. The molecule has 1 saturated carbocycles. The van der Waals surface area contributed by atoms with Crippen LogP contribution in [0.15, 0.2) is 48.8 Å². The van der Waals surface area contributed by atoms with E-state index < -0.39 is 30.3 Å². The Morgan fingerprint density at radius 1 is 1.08 bits per heavy atom. The molecular formula is C25H28N6O4S. The normalized spacial score (nSPS) is 22.6. The number of aliphatic hydroxyl groups excluding tert-OH is 4. The molecule has 11 heteroatoms. The first-order valence-electron chi connectivity index (χ1n) is 11.7. The number of benzene rings is 1. The Bertz CT molecular complexity index is 1300. The Hall–Kier alpha value is -3.22. The number of rotatable bonds is 8. The maximum absolute atomic E-state index is 10.6. The van der Waals surface area contributed by atoms with Gasteiger partial charge in [-0.05, 0) is 25.0 Å². The lowest BCUT2D eigenvalue weighted by atomic mass is 10.1. The molecule has 0 spiro atoms. The van der Waals surface area contributed by atoms with E-state index in [-0.39, 0.29) is 13.2 Å². The molecule has 36 heavy (non-hydrogen) atoms. The van der Waals surface area contributed by atoms with E-state index in [0.29, 0.717) is 34.5 Å². The average molecular weight is 509 g/mol. The second-order valence-electron chi connectivity index (χ2n) is 8.94. The molecular weight excluding hydrogens is 480 g/mol. The van der Waals surface area contributed by atoms with Gasteiger partial charge in [0.1, 0.15) is 22.4 Å². The third kappa shape index (κ3) is 4.88. The van der Waals surface area contributed by atoms with Crippen molar-refractivity contribution in [3.05, 3.63) is 60.0 Å². The molecule has 0 radical (unpaired) electrons. The van der Waals surface area contributed by atoms with Crippen molar-refractivity contribution in [2.24, 2.45) is 5.92 Å². The van der Waals surface area contributed by atoms with Crippen molar-refractivity contribution in [2.45, 2.75) is 37.7 Å². The summed E-state index contributed by atoms with van der Waals surface area (Å²) in [5, 5.41) is 48.1. The van der Waals surface area contributed by atoms with Gasteiger partial charge in [0.25, 0.3) is 0 Å². The van der Waals surface area contributed by atoms with Crippen molar-refractivity contribution >= 4 is 33.3 Å². The molecule has 0 aliphatic heterocycles. The predicted molar refractivity (Wildman–Crippen MR) is 138 cm³/mol. The Labute approximate surface area is 211 Å². The van der Waals surface area contributed by atoms with Crippen molar-refractivity contribution in [1.82, 2.24) is 19.9 Å². The van der Waals surface area contributed by atoms with Gasteiger partial charge in [-0.2, -0.15) is 4.98 Å². The molecule has 0 saturated heterocycles. The highest BCUT2D eigenvalue weighted by atomic mass is 32.1. The van der Waals surface area contributed by atoms with E-state index in [1.54, 1.807) is 12.4 Å². The highest BCUT2D eigenvalue weighted by Crippen LogP contribution is 2.38. The number of nitrogens with one attached hydrogen (secondary N) is 2. The third-order valence-corrected chi connectivity index (χ3v) is 7.54. The van der Waals surface area contributed by atoms with Crippen LogP contribution in [-0.4, -0.2) is 71.8 Å². The van der Waals surface area contributed by atoms with E-state index in [2.05, 4.69) is 25.6 Å². The summed E-state index contributed by atoms with van der Waals surface area (Å²) in [4.78, 5) is 18.1. The molecule has 10 nitrogen and oxygen atoms in total. The van der Waals surface area contributed by atoms with Crippen molar-refractivity contribution in [3.8, 4) is 10.6 Å². The number of aryl methyl sites for hydroxylation is 1. The molecule has 1 unspecified atom stereocenters. The first kappa shape index (κ1) is 24.5. The van der Waals surface area contributed by atoms with Gasteiger partial charge in [-0.1, -0.05) is 30.3 Å². The summed E-state index contributed by atoms with van der Waals surface area (Å²) in [7, 11) is 0. The smallest absolute Gasteiger partial charge is 0.225 e. The molecule has 188 valence electrons. The number of pyridine rings is 1. The second-order valence-corrected chi connectivity index (χ2v) is 9.97. The maximum Gasteiger partial charge on any atom is 0.225 e. The second kappa shape index (κ2) is 10.4. The van der Waals surface area contributed by atoms with Crippen LogP contribution in [0.25, 0.3) is 20.8 Å². The molecule has 0 amide bonds. The van der Waals surface area contributed by atoms with Crippen molar-refractivity contribution in [2.75, 3.05) is 23.8 Å². The van der Waals surface area contributed by atoms with Crippen LogP contribution in [0.4, 0.5) is 11.8 Å². The number of hydrogen-bond acceptors (Lipinski definition) is 11. The van der Waals surface area contributed by atoms with Gasteiger partial charge < -0.3 is 31.1 Å². The summed E-state index contributed by atoms with van der Waals surface area (Å²) in [6.45, 7) is 1.83. The number of nitrogens with zero attached hydrogens (tertiary/aromatic N) is 4. The number of aromatic nitrogens is 4. The molecule has 1 aliphatic carbocycles. The van der Waals surface area contributed by atoms with E-state index in [4.69, 9.17) is 4.98 Å². The van der Waals surface area contributed by atoms with E-state index in [9.17, 15) is 20.4 Å². The first-order valence-corrected chi connectivity index (χ1v) is 12.6. The zero-order chi connectivity index (χ0) is 25.2. The van der Waals surface area contributed by atoms with Gasteiger partial charge in [0.15, 0.2) is 0 Å².